The van der Waals surface area contributed by atoms with Crippen LogP contribution in [-0.4, -0.2) is 51.7 Å². The third-order valence-electron chi connectivity index (χ3n) is 5.73. The van der Waals surface area contributed by atoms with E-state index in [9.17, 15) is 9.50 Å². The lowest BCUT2D eigenvalue weighted by Crippen LogP contribution is -2.40. The SMILES string of the molecule is C=CCOC[C@H](O)CN(Cc1c(C)nn(-c2ccccc2)c1Oc1ccc(F)cc1)[C@H](C)CC. The lowest BCUT2D eigenvalue weighted by Gasteiger charge is -2.30. The van der Waals surface area contributed by atoms with Gasteiger partial charge < -0.3 is 14.6 Å². The Hall–Kier alpha value is -3.00. The van der Waals surface area contributed by atoms with E-state index in [4.69, 9.17) is 14.6 Å². The van der Waals surface area contributed by atoms with Gasteiger partial charge in [-0.15, -0.1) is 6.58 Å². The van der Waals surface area contributed by atoms with Crippen LogP contribution in [0, 0.1) is 12.7 Å². The topological polar surface area (TPSA) is 59.8 Å². The molecule has 1 N–H and O–H groups in total. The summed E-state index contributed by atoms with van der Waals surface area (Å²) < 4.78 is 27.0. The van der Waals surface area contributed by atoms with Crippen LogP contribution < -0.4 is 4.74 Å². The summed E-state index contributed by atoms with van der Waals surface area (Å²) in [5.74, 6) is 0.768. The van der Waals surface area contributed by atoms with Crippen LogP contribution in [0.5, 0.6) is 11.6 Å². The van der Waals surface area contributed by atoms with E-state index < -0.39 is 6.10 Å². The molecule has 0 aliphatic heterocycles. The Bertz CT molecular complexity index is 1040. The fourth-order valence-corrected chi connectivity index (χ4v) is 3.66. The Morgan fingerprint density at radius 2 is 1.88 bits per heavy atom. The summed E-state index contributed by atoms with van der Waals surface area (Å²) in [5.41, 5.74) is 2.60. The molecule has 0 aliphatic carbocycles. The van der Waals surface area contributed by atoms with E-state index in [2.05, 4.69) is 25.3 Å². The molecule has 2 aromatic carbocycles. The highest BCUT2D eigenvalue weighted by Gasteiger charge is 2.24. The largest absolute Gasteiger partial charge is 0.439 e. The highest BCUT2D eigenvalue weighted by atomic mass is 19.1. The smallest absolute Gasteiger partial charge is 0.227 e. The summed E-state index contributed by atoms with van der Waals surface area (Å²) in [6.45, 7) is 11.5. The molecular formula is C27H34FN3O3. The number of rotatable bonds is 13. The first-order chi connectivity index (χ1) is 16.4. The van der Waals surface area contributed by atoms with Crippen LogP contribution in [0.4, 0.5) is 4.39 Å². The number of hydrogen-bond donors (Lipinski definition) is 1. The summed E-state index contributed by atoms with van der Waals surface area (Å²) in [5, 5.41) is 15.3. The van der Waals surface area contributed by atoms with Crippen molar-refractivity contribution in [1.82, 2.24) is 14.7 Å². The number of aromatic nitrogens is 2. The molecule has 1 heterocycles. The fourth-order valence-electron chi connectivity index (χ4n) is 3.66. The molecule has 3 rings (SSSR count). The Kier molecular flexibility index (Phi) is 9.39. The van der Waals surface area contributed by atoms with Gasteiger partial charge in [0.2, 0.25) is 5.88 Å². The number of aliphatic hydroxyl groups excluding tert-OH is 1. The van der Waals surface area contributed by atoms with Crippen molar-refractivity contribution in [3.8, 4) is 17.3 Å². The van der Waals surface area contributed by atoms with Crippen molar-refractivity contribution in [3.05, 3.63) is 84.3 Å². The summed E-state index contributed by atoms with van der Waals surface area (Å²) in [4.78, 5) is 2.21. The van der Waals surface area contributed by atoms with Crippen molar-refractivity contribution in [1.29, 1.82) is 0 Å². The van der Waals surface area contributed by atoms with Gasteiger partial charge in [-0.2, -0.15) is 5.10 Å². The zero-order valence-corrected chi connectivity index (χ0v) is 20.2. The molecule has 6 nitrogen and oxygen atoms in total. The van der Waals surface area contributed by atoms with Gasteiger partial charge >= 0.3 is 0 Å². The van der Waals surface area contributed by atoms with Crippen molar-refractivity contribution >= 4 is 0 Å². The molecule has 0 spiro atoms. The van der Waals surface area contributed by atoms with Crippen LogP contribution in [0.3, 0.4) is 0 Å². The minimum Gasteiger partial charge on any atom is -0.439 e. The van der Waals surface area contributed by atoms with Gasteiger partial charge in [0.05, 0.1) is 36.3 Å². The second-order valence-corrected chi connectivity index (χ2v) is 8.34. The molecule has 34 heavy (non-hydrogen) atoms. The van der Waals surface area contributed by atoms with Crippen LogP contribution in [0.15, 0.2) is 67.3 Å². The number of aryl methyl sites for hydroxylation is 1. The summed E-state index contributed by atoms with van der Waals surface area (Å²) >= 11 is 0. The quantitative estimate of drug-likeness (QED) is 0.274. The fraction of sp³-hybridized carbons (Fsp3) is 0.370. The van der Waals surface area contributed by atoms with E-state index in [1.165, 1.54) is 12.1 Å². The minimum absolute atomic E-state index is 0.215. The van der Waals surface area contributed by atoms with Gasteiger partial charge in [-0.05, 0) is 56.7 Å². The molecule has 0 bridgehead atoms. The Morgan fingerprint density at radius 1 is 1.18 bits per heavy atom. The van der Waals surface area contributed by atoms with E-state index in [1.54, 1.807) is 22.9 Å². The van der Waals surface area contributed by atoms with Crippen molar-refractivity contribution < 1.29 is 19.0 Å². The van der Waals surface area contributed by atoms with E-state index >= 15 is 0 Å². The third kappa shape index (κ3) is 6.76. The Balaban J connectivity index is 1.94. The van der Waals surface area contributed by atoms with E-state index in [0.717, 1.165) is 23.4 Å². The third-order valence-corrected chi connectivity index (χ3v) is 5.73. The van der Waals surface area contributed by atoms with Gasteiger partial charge in [-0.3, -0.25) is 4.90 Å². The van der Waals surface area contributed by atoms with Crippen LogP contribution >= 0.6 is 0 Å². The van der Waals surface area contributed by atoms with Crippen molar-refractivity contribution in [2.75, 3.05) is 19.8 Å². The van der Waals surface area contributed by atoms with Gasteiger partial charge in [-0.1, -0.05) is 31.2 Å². The molecule has 0 amide bonds. The molecule has 2 atom stereocenters. The normalized spacial score (nSPS) is 13.1. The average molecular weight is 468 g/mol. The first kappa shape index (κ1) is 25.6. The van der Waals surface area contributed by atoms with Gasteiger partial charge in [0, 0.05) is 19.1 Å². The van der Waals surface area contributed by atoms with Crippen LogP contribution in [0.2, 0.25) is 0 Å². The molecule has 7 heteroatoms. The molecule has 0 saturated heterocycles. The Labute approximate surface area is 201 Å². The van der Waals surface area contributed by atoms with Crippen molar-refractivity contribution in [3.63, 3.8) is 0 Å². The first-order valence-corrected chi connectivity index (χ1v) is 11.6. The molecule has 0 unspecified atom stereocenters. The van der Waals surface area contributed by atoms with Crippen LogP contribution in [0.25, 0.3) is 5.69 Å². The molecule has 0 aliphatic rings. The number of para-hydroxylation sites is 1. The zero-order chi connectivity index (χ0) is 24.5. The van der Waals surface area contributed by atoms with Crippen molar-refractivity contribution in [2.45, 2.75) is 45.9 Å². The van der Waals surface area contributed by atoms with Crippen LogP contribution in [-0.2, 0) is 11.3 Å². The average Bonchev–Trinajstić information content (AvgIpc) is 3.15. The van der Waals surface area contributed by atoms with Gasteiger partial charge in [0.15, 0.2) is 0 Å². The predicted octanol–water partition coefficient (Wildman–Crippen LogP) is 5.28. The lowest BCUT2D eigenvalue weighted by molar-refractivity contribution is 0.0155. The molecule has 3 aromatic rings. The Morgan fingerprint density at radius 3 is 2.53 bits per heavy atom. The highest BCUT2D eigenvalue weighted by Crippen LogP contribution is 2.32. The molecule has 1 aromatic heterocycles. The number of benzene rings is 2. The zero-order valence-electron chi connectivity index (χ0n) is 20.2. The lowest BCUT2D eigenvalue weighted by atomic mass is 10.1. The summed E-state index contributed by atoms with van der Waals surface area (Å²) in [6, 6.07) is 15.9. The molecule has 0 fully saturated rings. The van der Waals surface area contributed by atoms with Gasteiger partial charge in [-0.25, -0.2) is 9.07 Å². The van der Waals surface area contributed by atoms with Crippen LogP contribution in [0.1, 0.15) is 31.5 Å². The second kappa shape index (κ2) is 12.5. The van der Waals surface area contributed by atoms with Gasteiger partial charge in [0.25, 0.3) is 0 Å². The maximum atomic E-state index is 13.5. The molecular weight excluding hydrogens is 433 g/mol. The second-order valence-electron chi connectivity index (χ2n) is 8.34. The minimum atomic E-state index is -0.639. The molecule has 0 radical (unpaired) electrons. The maximum Gasteiger partial charge on any atom is 0.227 e. The van der Waals surface area contributed by atoms with E-state index in [-0.39, 0.29) is 18.5 Å². The van der Waals surface area contributed by atoms with Crippen molar-refractivity contribution in [2.24, 2.45) is 0 Å². The number of nitrogens with zero attached hydrogens (tertiary/aromatic N) is 3. The summed E-state index contributed by atoms with van der Waals surface area (Å²) in [7, 11) is 0. The number of ether oxygens (including phenoxy) is 2. The standard InChI is InChI=1S/C27H34FN3O3/c1-5-16-33-19-24(32)17-30(20(3)6-2)18-26-21(4)29-31(23-10-8-7-9-11-23)27(26)34-25-14-12-22(28)13-15-25/h5,7-15,20,24,32H,1,6,16-19H2,2-4H3/t20-,24-/m1/s1. The van der Waals surface area contributed by atoms with Gasteiger partial charge in [0.1, 0.15) is 11.6 Å². The molecule has 182 valence electrons. The number of hydrogen-bond acceptors (Lipinski definition) is 5. The number of aliphatic hydroxyl groups is 1. The van der Waals surface area contributed by atoms with E-state index in [1.807, 2.05) is 37.3 Å². The highest BCUT2D eigenvalue weighted by molar-refractivity contribution is 5.43. The number of halogens is 1. The summed E-state index contributed by atoms with van der Waals surface area (Å²) in [6.07, 6.45) is 1.94. The predicted molar refractivity (Wildman–Crippen MR) is 132 cm³/mol. The first-order valence-electron chi connectivity index (χ1n) is 11.6. The molecule has 0 saturated carbocycles. The maximum absolute atomic E-state index is 13.5. The van der Waals surface area contributed by atoms with E-state index in [0.29, 0.717) is 31.3 Å². The monoisotopic (exact) mass is 467 g/mol.